The maximum Gasteiger partial charge on any atom is 0.136 e. The number of rotatable bonds is 6. The van der Waals surface area contributed by atoms with Gasteiger partial charge in [-0.3, -0.25) is 10.1 Å². The Morgan fingerprint density at radius 2 is 1.83 bits per heavy atom. The van der Waals surface area contributed by atoms with Crippen molar-refractivity contribution in [1.29, 1.82) is 0 Å². The van der Waals surface area contributed by atoms with Crippen molar-refractivity contribution in [2.45, 2.75) is 112 Å². The molecule has 206 valence electrons. The van der Waals surface area contributed by atoms with Crippen molar-refractivity contribution in [2.24, 2.45) is 45.8 Å². The first-order valence-electron chi connectivity index (χ1n) is 14.6. The monoisotopic (exact) mass is 502 g/mol. The van der Waals surface area contributed by atoms with Gasteiger partial charge < -0.3 is 14.7 Å². The molecule has 0 spiro atoms. The average Bonchev–Trinajstić information content (AvgIpc) is 2.98. The van der Waals surface area contributed by atoms with E-state index in [1.54, 1.807) is 0 Å². The summed E-state index contributed by atoms with van der Waals surface area (Å²) in [4.78, 5) is 15.7. The molecule has 3 aliphatic carbocycles. The first kappa shape index (κ1) is 28.3. The Labute approximate surface area is 220 Å². The molecule has 0 aromatic heterocycles. The number of hydrogen-bond acceptors (Lipinski definition) is 5. The van der Waals surface area contributed by atoms with Gasteiger partial charge in [-0.05, 0) is 82.2 Å². The second-order valence-corrected chi connectivity index (χ2v) is 14.4. The van der Waals surface area contributed by atoms with E-state index in [-0.39, 0.29) is 52.4 Å². The lowest BCUT2D eigenvalue weighted by Gasteiger charge is -2.57. The van der Waals surface area contributed by atoms with Gasteiger partial charge in [-0.2, -0.15) is 0 Å². The molecule has 0 aromatic rings. The number of hydrogen-bond donors (Lipinski definition) is 2. The van der Waals surface area contributed by atoms with E-state index >= 15 is 0 Å². The third kappa shape index (κ3) is 4.25. The SMILES string of the molecule is CC1=CC[C@@H]2NC(C(C)C)OC[C@@]2(C)C1CCC1C(C)C(=O)C[C@]2(C)[C@@H](C(C)N(C)C)[C@H](O)C[C@@]12C. The molecule has 5 unspecified atom stereocenters. The molecule has 2 N–H and O–H groups in total. The summed E-state index contributed by atoms with van der Waals surface area (Å²) in [5.74, 6) is 1.74. The zero-order valence-electron chi connectivity index (χ0n) is 24.7. The number of aliphatic hydroxyl groups excluding tert-OH is 1. The Morgan fingerprint density at radius 3 is 2.44 bits per heavy atom. The lowest BCUT2D eigenvalue weighted by molar-refractivity contribution is -0.148. The van der Waals surface area contributed by atoms with Crippen molar-refractivity contribution >= 4 is 5.78 Å². The quantitative estimate of drug-likeness (QED) is 0.484. The molecule has 36 heavy (non-hydrogen) atoms. The van der Waals surface area contributed by atoms with Crippen LogP contribution in [0.5, 0.6) is 0 Å². The lowest BCUT2D eigenvalue weighted by Crippen LogP contribution is -2.62. The molecule has 4 rings (SSSR count). The molecule has 5 nitrogen and oxygen atoms in total. The van der Waals surface area contributed by atoms with Crippen LogP contribution in [0.3, 0.4) is 0 Å². The molecule has 0 aromatic carbocycles. The molecule has 11 atom stereocenters. The summed E-state index contributed by atoms with van der Waals surface area (Å²) in [5, 5.41) is 15.2. The molecule has 5 heteroatoms. The van der Waals surface area contributed by atoms with E-state index in [0.717, 1.165) is 32.3 Å². The summed E-state index contributed by atoms with van der Waals surface area (Å²) in [6.45, 7) is 19.1. The van der Waals surface area contributed by atoms with Gasteiger partial charge in [-0.25, -0.2) is 0 Å². The predicted molar refractivity (Wildman–Crippen MR) is 146 cm³/mol. The highest BCUT2D eigenvalue weighted by molar-refractivity contribution is 5.83. The van der Waals surface area contributed by atoms with Crippen LogP contribution in [0.4, 0.5) is 0 Å². The molecule has 1 heterocycles. The van der Waals surface area contributed by atoms with Crippen LogP contribution in [0.1, 0.15) is 87.5 Å². The van der Waals surface area contributed by atoms with Crippen molar-refractivity contribution in [2.75, 3.05) is 20.7 Å². The summed E-state index contributed by atoms with van der Waals surface area (Å²) < 4.78 is 6.37. The van der Waals surface area contributed by atoms with Crippen LogP contribution in [0.2, 0.25) is 0 Å². The van der Waals surface area contributed by atoms with Crippen LogP contribution < -0.4 is 5.32 Å². The van der Waals surface area contributed by atoms with Crippen LogP contribution in [-0.4, -0.2) is 60.9 Å². The minimum Gasteiger partial charge on any atom is -0.393 e. The standard InChI is InChI=1S/C31H54N2O3/c1-18(2)28-32-26-14-11-19(3)22(29(26,6)17-36-28)12-13-23-20(4)24(34)15-31(8)27(21(5)33(9)10)25(35)16-30(23,31)7/h11,18,20-23,25-28,32,35H,12-17H2,1-10H3/t20?,21?,22?,23?,25-,26+,27+,28?,29+,30+,31-/m1/s1. The minimum atomic E-state index is -0.361. The fourth-order valence-corrected chi connectivity index (χ4v) is 9.28. The third-order valence-electron chi connectivity index (χ3n) is 12.0. The molecule has 2 saturated carbocycles. The smallest absolute Gasteiger partial charge is 0.136 e. The minimum absolute atomic E-state index is 0.0474. The summed E-state index contributed by atoms with van der Waals surface area (Å²) in [6.07, 6.45) is 6.78. The van der Waals surface area contributed by atoms with Crippen molar-refractivity contribution in [1.82, 2.24) is 10.2 Å². The van der Waals surface area contributed by atoms with Gasteiger partial charge in [-0.1, -0.05) is 53.2 Å². The van der Waals surface area contributed by atoms with Gasteiger partial charge in [-0.15, -0.1) is 0 Å². The van der Waals surface area contributed by atoms with Crippen LogP contribution in [0.25, 0.3) is 0 Å². The highest BCUT2D eigenvalue weighted by Crippen LogP contribution is 2.67. The van der Waals surface area contributed by atoms with E-state index in [4.69, 9.17) is 4.74 Å². The molecule has 3 fully saturated rings. The number of carbonyl (C=O) groups excluding carboxylic acids is 1. The molecule has 1 saturated heterocycles. The van der Waals surface area contributed by atoms with Gasteiger partial charge in [0.1, 0.15) is 12.0 Å². The summed E-state index contributed by atoms with van der Waals surface area (Å²) >= 11 is 0. The Balaban J connectivity index is 1.60. The molecular formula is C31H54N2O3. The number of carbonyl (C=O) groups is 1. The second kappa shape index (κ2) is 9.77. The second-order valence-electron chi connectivity index (χ2n) is 14.4. The molecule has 0 bridgehead atoms. The topological polar surface area (TPSA) is 61.8 Å². The van der Waals surface area contributed by atoms with Crippen molar-refractivity contribution in [3.63, 3.8) is 0 Å². The fourth-order valence-electron chi connectivity index (χ4n) is 9.28. The van der Waals surface area contributed by atoms with Crippen molar-refractivity contribution < 1.29 is 14.6 Å². The first-order valence-corrected chi connectivity index (χ1v) is 14.6. The van der Waals surface area contributed by atoms with E-state index in [9.17, 15) is 9.90 Å². The van der Waals surface area contributed by atoms with E-state index in [1.807, 2.05) is 0 Å². The Morgan fingerprint density at radius 1 is 1.17 bits per heavy atom. The zero-order valence-corrected chi connectivity index (χ0v) is 24.7. The van der Waals surface area contributed by atoms with E-state index in [0.29, 0.717) is 30.1 Å². The number of aliphatic hydroxyl groups is 1. The Kier molecular flexibility index (Phi) is 7.67. The van der Waals surface area contributed by atoms with E-state index in [1.165, 1.54) is 5.57 Å². The van der Waals surface area contributed by atoms with E-state index < -0.39 is 0 Å². The number of allylic oxidation sites excluding steroid dienone is 1. The molecule has 0 radical (unpaired) electrons. The fraction of sp³-hybridized carbons (Fsp3) is 0.903. The third-order valence-corrected chi connectivity index (χ3v) is 12.0. The number of nitrogens with one attached hydrogen (secondary N) is 1. The van der Waals surface area contributed by atoms with Crippen molar-refractivity contribution in [3.05, 3.63) is 11.6 Å². The number of ketones is 1. The van der Waals surface area contributed by atoms with Gasteiger partial charge in [0.05, 0.1) is 12.7 Å². The maximum absolute atomic E-state index is 13.5. The normalized spacial score (nSPS) is 48.1. The molecule has 1 aliphatic heterocycles. The van der Waals surface area contributed by atoms with Crippen LogP contribution in [-0.2, 0) is 9.53 Å². The van der Waals surface area contributed by atoms with Gasteiger partial charge in [0, 0.05) is 35.8 Å². The van der Waals surface area contributed by atoms with Gasteiger partial charge >= 0.3 is 0 Å². The zero-order chi connectivity index (χ0) is 26.8. The molecular weight excluding hydrogens is 448 g/mol. The number of Topliss-reactive ketones (excluding diaryl/α,β-unsaturated/α-hetero) is 1. The number of ether oxygens (including phenoxy) is 1. The van der Waals surface area contributed by atoms with Crippen LogP contribution in [0, 0.1) is 45.8 Å². The first-order chi connectivity index (χ1) is 16.7. The average molecular weight is 503 g/mol. The van der Waals surface area contributed by atoms with Gasteiger partial charge in [0.2, 0.25) is 0 Å². The maximum atomic E-state index is 13.5. The Hall–Kier alpha value is -0.750. The Bertz CT molecular complexity index is 870. The van der Waals surface area contributed by atoms with Crippen LogP contribution in [0.15, 0.2) is 11.6 Å². The lowest BCUT2D eigenvalue weighted by atomic mass is 9.48. The largest absolute Gasteiger partial charge is 0.393 e. The summed E-state index contributed by atoms with van der Waals surface area (Å²) in [7, 11) is 4.20. The number of fused-ring (bicyclic) bond motifs is 2. The predicted octanol–water partition coefficient (Wildman–Crippen LogP) is 5.28. The summed E-state index contributed by atoms with van der Waals surface area (Å²) in [6, 6.07) is 0.661. The molecule has 0 amide bonds. The highest BCUT2D eigenvalue weighted by atomic mass is 16.5. The van der Waals surface area contributed by atoms with E-state index in [2.05, 4.69) is 85.8 Å². The van der Waals surface area contributed by atoms with Crippen molar-refractivity contribution in [3.8, 4) is 0 Å². The van der Waals surface area contributed by atoms with Gasteiger partial charge in [0.15, 0.2) is 0 Å². The van der Waals surface area contributed by atoms with Crippen LogP contribution >= 0.6 is 0 Å². The molecule has 4 aliphatic rings. The summed E-state index contributed by atoms with van der Waals surface area (Å²) in [5.41, 5.74) is 1.31. The highest BCUT2D eigenvalue weighted by Gasteiger charge is 2.66. The van der Waals surface area contributed by atoms with Gasteiger partial charge in [0.25, 0.3) is 0 Å². The number of nitrogens with zero attached hydrogens (tertiary/aromatic N) is 1.